The molecule has 2 heterocycles. The van der Waals surface area contributed by atoms with Crippen LogP contribution < -0.4 is 16.0 Å². The molecule has 0 bridgehead atoms. The molecule has 1 aliphatic rings. The minimum absolute atomic E-state index is 0.170. The predicted molar refractivity (Wildman–Crippen MR) is 139 cm³/mol. The molecule has 1 aliphatic heterocycles. The monoisotopic (exact) mass is 460 g/mol. The second-order valence-corrected chi connectivity index (χ2v) is 9.37. The van der Waals surface area contributed by atoms with E-state index in [1.807, 2.05) is 35.0 Å². The van der Waals surface area contributed by atoms with Crippen molar-refractivity contribution in [2.24, 2.45) is 5.92 Å². The number of benzene rings is 2. The number of hydrogen-bond donors (Lipinski definition) is 3. The van der Waals surface area contributed by atoms with Gasteiger partial charge in [0.2, 0.25) is 0 Å². The second-order valence-electron chi connectivity index (χ2n) is 9.37. The van der Waals surface area contributed by atoms with E-state index in [4.69, 9.17) is 5.10 Å². The standard InChI is InChI=1S/C27H36N6O/c1-20(2)17-29-25-24(27(34)28-3)26(30-23-9-5-4-6-10-23)33(31-25)19-22-13-11-21(12-14-22)18-32-15-7-8-16-32/h4-6,9-14,20,30H,7-8,15-19H2,1-3H3,(H,28,34)(H,29,31). The SMILES string of the molecule is CNC(=O)c1c(NCC(C)C)nn(Cc2ccc(CN3CCCC3)cc2)c1Nc1ccccc1. The number of anilines is 3. The number of carbonyl (C=O) groups excluding carboxylic acids is 1. The van der Waals surface area contributed by atoms with Crippen LogP contribution in [0.15, 0.2) is 54.6 Å². The van der Waals surface area contributed by atoms with E-state index in [1.165, 1.54) is 31.5 Å². The van der Waals surface area contributed by atoms with Gasteiger partial charge < -0.3 is 16.0 Å². The van der Waals surface area contributed by atoms with Crippen LogP contribution in [-0.4, -0.2) is 47.3 Å². The molecule has 3 N–H and O–H groups in total. The Morgan fingerprint density at radius 1 is 0.971 bits per heavy atom. The van der Waals surface area contributed by atoms with Crippen molar-refractivity contribution < 1.29 is 4.79 Å². The van der Waals surface area contributed by atoms with Gasteiger partial charge in [-0.25, -0.2) is 4.68 Å². The summed E-state index contributed by atoms with van der Waals surface area (Å²) >= 11 is 0. The van der Waals surface area contributed by atoms with Crippen LogP contribution in [0.3, 0.4) is 0 Å². The first-order chi connectivity index (χ1) is 16.5. The van der Waals surface area contributed by atoms with Crippen molar-refractivity contribution in [3.8, 4) is 0 Å². The highest BCUT2D eigenvalue weighted by Gasteiger charge is 2.24. The van der Waals surface area contributed by atoms with Crippen LogP contribution in [0.1, 0.15) is 48.2 Å². The molecule has 0 radical (unpaired) electrons. The average molecular weight is 461 g/mol. The third-order valence-corrected chi connectivity index (χ3v) is 6.08. The molecular weight excluding hydrogens is 424 g/mol. The van der Waals surface area contributed by atoms with Crippen molar-refractivity contribution in [3.05, 3.63) is 71.3 Å². The summed E-state index contributed by atoms with van der Waals surface area (Å²) in [6.45, 7) is 8.96. The maximum Gasteiger partial charge on any atom is 0.258 e. The first kappa shape index (κ1) is 23.8. The lowest BCUT2D eigenvalue weighted by Crippen LogP contribution is -2.21. The van der Waals surface area contributed by atoms with E-state index in [1.54, 1.807) is 7.05 Å². The number of rotatable bonds is 10. The number of likely N-dealkylation sites (tertiary alicyclic amines) is 1. The molecule has 2 aromatic carbocycles. The molecular formula is C27H36N6O. The van der Waals surface area contributed by atoms with Crippen LogP contribution in [-0.2, 0) is 13.1 Å². The number of nitrogens with one attached hydrogen (secondary N) is 3. The molecule has 0 spiro atoms. The molecule has 1 amide bonds. The Kier molecular flexibility index (Phi) is 7.85. The van der Waals surface area contributed by atoms with Gasteiger partial charge in [-0.3, -0.25) is 9.69 Å². The van der Waals surface area contributed by atoms with Crippen molar-refractivity contribution in [2.75, 3.05) is 37.3 Å². The number of aromatic nitrogens is 2. The summed E-state index contributed by atoms with van der Waals surface area (Å²) in [6, 6.07) is 18.6. The minimum atomic E-state index is -0.170. The van der Waals surface area contributed by atoms with E-state index in [9.17, 15) is 4.79 Å². The number of carbonyl (C=O) groups is 1. The molecule has 3 aromatic rings. The summed E-state index contributed by atoms with van der Waals surface area (Å²) in [5.41, 5.74) is 3.91. The lowest BCUT2D eigenvalue weighted by Gasteiger charge is -2.15. The summed E-state index contributed by atoms with van der Waals surface area (Å²) in [5, 5.41) is 14.4. The Labute approximate surface area is 202 Å². The highest BCUT2D eigenvalue weighted by molar-refractivity contribution is 6.04. The Bertz CT molecular complexity index is 1070. The molecule has 1 aromatic heterocycles. The van der Waals surface area contributed by atoms with Gasteiger partial charge in [0.25, 0.3) is 5.91 Å². The van der Waals surface area contributed by atoms with E-state index in [0.717, 1.165) is 24.3 Å². The Morgan fingerprint density at radius 2 is 1.62 bits per heavy atom. The van der Waals surface area contributed by atoms with E-state index < -0.39 is 0 Å². The van der Waals surface area contributed by atoms with Crippen molar-refractivity contribution in [2.45, 2.75) is 39.8 Å². The fourth-order valence-electron chi connectivity index (χ4n) is 4.25. The van der Waals surface area contributed by atoms with Crippen molar-refractivity contribution >= 4 is 23.2 Å². The predicted octanol–water partition coefficient (Wildman–Crippen LogP) is 4.70. The normalized spacial score (nSPS) is 13.9. The van der Waals surface area contributed by atoms with Gasteiger partial charge in [-0.2, -0.15) is 5.10 Å². The Morgan fingerprint density at radius 3 is 2.24 bits per heavy atom. The first-order valence-corrected chi connectivity index (χ1v) is 12.2. The first-order valence-electron chi connectivity index (χ1n) is 12.2. The van der Waals surface area contributed by atoms with E-state index in [2.05, 4.69) is 59.0 Å². The quantitative estimate of drug-likeness (QED) is 0.409. The van der Waals surface area contributed by atoms with Crippen molar-refractivity contribution in [1.82, 2.24) is 20.0 Å². The molecule has 1 fully saturated rings. The Balaban J connectivity index is 1.63. The summed E-state index contributed by atoms with van der Waals surface area (Å²) in [4.78, 5) is 15.4. The largest absolute Gasteiger partial charge is 0.368 e. The third kappa shape index (κ3) is 5.97. The number of hydrogen-bond acceptors (Lipinski definition) is 5. The minimum Gasteiger partial charge on any atom is -0.368 e. The summed E-state index contributed by atoms with van der Waals surface area (Å²) in [7, 11) is 1.65. The van der Waals surface area contributed by atoms with Crippen molar-refractivity contribution in [3.63, 3.8) is 0 Å². The molecule has 7 nitrogen and oxygen atoms in total. The van der Waals surface area contributed by atoms with Gasteiger partial charge >= 0.3 is 0 Å². The summed E-state index contributed by atoms with van der Waals surface area (Å²) < 4.78 is 1.88. The van der Waals surface area contributed by atoms with Gasteiger partial charge in [0.15, 0.2) is 5.82 Å². The third-order valence-electron chi connectivity index (χ3n) is 6.08. The lowest BCUT2D eigenvalue weighted by atomic mass is 10.1. The van der Waals surface area contributed by atoms with Crippen LogP contribution in [0, 0.1) is 5.92 Å². The maximum absolute atomic E-state index is 12.9. The highest BCUT2D eigenvalue weighted by atomic mass is 16.1. The fourth-order valence-corrected chi connectivity index (χ4v) is 4.25. The second kappa shape index (κ2) is 11.2. The molecule has 1 saturated heterocycles. The van der Waals surface area contributed by atoms with E-state index in [0.29, 0.717) is 29.7 Å². The maximum atomic E-state index is 12.9. The van der Waals surface area contributed by atoms with Gasteiger partial charge in [0.1, 0.15) is 11.4 Å². The molecule has 34 heavy (non-hydrogen) atoms. The molecule has 7 heteroatoms. The summed E-state index contributed by atoms with van der Waals surface area (Å²) in [6.07, 6.45) is 2.60. The molecule has 4 rings (SSSR count). The van der Waals surface area contributed by atoms with E-state index >= 15 is 0 Å². The Hall–Kier alpha value is -3.32. The smallest absolute Gasteiger partial charge is 0.258 e. The van der Waals surface area contributed by atoms with Crippen molar-refractivity contribution in [1.29, 1.82) is 0 Å². The van der Waals surface area contributed by atoms with Gasteiger partial charge in [-0.1, -0.05) is 56.3 Å². The number of amides is 1. The number of nitrogens with zero attached hydrogens (tertiary/aromatic N) is 3. The van der Waals surface area contributed by atoms with Gasteiger partial charge in [0, 0.05) is 25.8 Å². The topological polar surface area (TPSA) is 74.2 Å². The molecule has 0 unspecified atom stereocenters. The molecule has 0 saturated carbocycles. The van der Waals surface area contributed by atoms with Gasteiger partial charge in [-0.05, 0) is 55.1 Å². The molecule has 0 atom stereocenters. The van der Waals surface area contributed by atoms with Gasteiger partial charge in [-0.15, -0.1) is 0 Å². The van der Waals surface area contributed by atoms with Crippen LogP contribution in [0.2, 0.25) is 0 Å². The fraction of sp³-hybridized carbons (Fsp3) is 0.407. The zero-order chi connectivity index (χ0) is 23.9. The van der Waals surface area contributed by atoms with E-state index in [-0.39, 0.29) is 5.91 Å². The zero-order valence-electron chi connectivity index (χ0n) is 20.5. The molecule has 0 aliphatic carbocycles. The number of para-hydroxylation sites is 1. The molecule has 180 valence electrons. The average Bonchev–Trinajstić information content (AvgIpc) is 3.47. The zero-order valence-corrected chi connectivity index (χ0v) is 20.5. The lowest BCUT2D eigenvalue weighted by molar-refractivity contribution is 0.0964. The van der Waals surface area contributed by atoms with Crippen LogP contribution in [0.4, 0.5) is 17.3 Å². The summed E-state index contributed by atoms with van der Waals surface area (Å²) in [5.74, 6) is 1.53. The highest BCUT2D eigenvalue weighted by Crippen LogP contribution is 2.29. The van der Waals surface area contributed by atoms with Crippen LogP contribution in [0.25, 0.3) is 0 Å². The van der Waals surface area contributed by atoms with Crippen LogP contribution >= 0.6 is 0 Å². The van der Waals surface area contributed by atoms with Gasteiger partial charge in [0.05, 0.1) is 6.54 Å². The van der Waals surface area contributed by atoms with Crippen LogP contribution in [0.5, 0.6) is 0 Å².